The number of ketones is 2. The van der Waals surface area contributed by atoms with Gasteiger partial charge in [0.1, 0.15) is 12.2 Å². The minimum absolute atomic E-state index is 0.210. The van der Waals surface area contributed by atoms with Gasteiger partial charge in [0.05, 0.1) is 12.5 Å². The summed E-state index contributed by atoms with van der Waals surface area (Å²) in [5, 5.41) is 0. The van der Waals surface area contributed by atoms with Gasteiger partial charge in [-0.1, -0.05) is 30.3 Å². The summed E-state index contributed by atoms with van der Waals surface area (Å²) in [6.07, 6.45) is 0.458. The first-order valence-corrected chi connectivity index (χ1v) is 7.94. The highest BCUT2D eigenvalue weighted by molar-refractivity contribution is 5.99. The predicted molar refractivity (Wildman–Crippen MR) is 84.2 cm³/mol. The molecule has 0 radical (unpaired) electrons. The highest BCUT2D eigenvalue weighted by Crippen LogP contribution is 2.36. The van der Waals surface area contributed by atoms with Crippen molar-refractivity contribution in [3.05, 3.63) is 35.9 Å². The number of ether oxygens (including phenoxy) is 2. The van der Waals surface area contributed by atoms with Crippen molar-refractivity contribution >= 4 is 23.5 Å². The first-order valence-electron chi connectivity index (χ1n) is 7.94. The Balaban J connectivity index is 1.70. The average Bonchev–Trinajstić information content (AvgIpc) is 2.52. The highest BCUT2D eigenvalue weighted by atomic mass is 16.5. The molecule has 1 aliphatic rings. The summed E-state index contributed by atoms with van der Waals surface area (Å²) in [5.41, 5.74) is 0.487. The van der Waals surface area contributed by atoms with Crippen LogP contribution < -0.4 is 0 Å². The number of esters is 2. The third-order valence-corrected chi connectivity index (χ3v) is 3.99. The van der Waals surface area contributed by atoms with Crippen molar-refractivity contribution in [3.8, 4) is 0 Å². The van der Waals surface area contributed by atoms with Crippen LogP contribution in [0.15, 0.2) is 30.3 Å². The minimum Gasteiger partial charge on any atom is -0.466 e. The van der Waals surface area contributed by atoms with Crippen LogP contribution in [-0.4, -0.2) is 36.7 Å². The van der Waals surface area contributed by atoms with Gasteiger partial charge in [-0.25, -0.2) is 0 Å². The Morgan fingerprint density at radius 2 is 1.67 bits per heavy atom. The van der Waals surface area contributed by atoms with E-state index in [1.54, 1.807) is 37.3 Å². The fraction of sp³-hybridized carbons (Fsp3) is 0.444. The molecule has 0 spiro atoms. The van der Waals surface area contributed by atoms with Crippen molar-refractivity contribution < 1.29 is 28.7 Å². The molecule has 128 valence electrons. The first kappa shape index (κ1) is 17.8. The lowest BCUT2D eigenvalue weighted by Crippen LogP contribution is -2.37. The number of hydrogen-bond donors (Lipinski definition) is 0. The van der Waals surface area contributed by atoms with Crippen LogP contribution in [0.4, 0.5) is 0 Å². The maximum absolute atomic E-state index is 11.9. The number of rotatable bonds is 8. The highest BCUT2D eigenvalue weighted by Gasteiger charge is 2.40. The van der Waals surface area contributed by atoms with Crippen LogP contribution in [0.25, 0.3) is 0 Å². The molecule has 0 saturated heterocycles. The summed E-state index contributed by atoms with van der Waals surface area (Å²) < 4.78 is 9.74. The van der Waals surface area contributed by atoms with Gasteiger partial charge < -0.3 is 9.47 Å². The molecular weight excluding hydrogens is 312 g/mol. The van der Waals surface area contributed by atoms with Gasteiger partial charge in [-0.2, -0.15) is 0 Å². The second-order valence-corrected chi connectivity index (χ2v) is 5.71. The molecule has 1 aromatic carbocycles. The largest absolute Gasteiger partial charge is 0.466 e. The summed E-state index contributed by atoms with van der Waals surface area (Å²) in [5.74, 6) is -2.18. The van der Waals surface area contributed by atoms with Crippen LogP contribution in [0.2, 0.25) is 0 Å². The summed E-state index contributed by atoms with van der Waals surface area (Å²) >= 11 is 0. The smallest absolute Gasteiger partial charge is 0.313 e. The quantitative estimate of drug-likeness (QED) is 0.411. The predicted octanol–water partition coefficient (Wildman–Crippen LogP) is 1.96. The molecule has 2 rings (SSSR count). The summed E-state index contributed by atoms with van der Waals surface area (Å²) in [6.45, 7) is 1.61. The topological polar surface area (TPSA) is 86.7 Å². The van der Waals surface area contributed by atoms with E-state index in [1.807, 2.05) is 0 Å². The third-order valence-electron chi connectivity index (χ3n) is 3.99. The Kier molecular flexibility index (Phi) is 6.23. The van der Waals surface area contributed by atoms with Crippen LogP contribution in [0.3, 0.4) is 0 Å². The third kappa shape index (κ3) is 4.75. The summed E-state index contributed by atoms with van der Waals surface area (Å²) in [7, 11) is 0. The molecule has 0 unspecified atom stereocenters. The lowest BCUT2D eigenvalue weighted by Gasteiger charge is -2.32. The van der Waals surface area contributed by atoms with Crippen molar-refractivity contribution in [1.29, 1.82) is 0 Å². The monoisotopic (exact) mass is 332 g/mol. The molecule has 0 N–H and O–H groups in total. The fourth-order valence-electron chi connectivity index (χ4n) is 2.53. The summed E-state index contributed by atoms with van der Waals surface area (Å²) in [6, 6.07) is 8.58. The normalized spacial score (nSPS) is 19.0. The van der Waals surface area contributed by atoms with E-state index in [0.717, 1.165) is 0 Å². The Morgan fingerprint density at radius 1 is 1.00 bits per heavy atom. The van der Waals surface area contributed by atoms with Crippen LogP contribution in [0.1, 0.15) is 36.5 Å². The molecular formula is C18H20O6. The van der Waals surface area contributed by atoms with E-state index in [1.165, 1.54) is 0 Å². The second-order valence-electron chi connectivity index (χ2n) is 5.71. The summed E-state index contributed by atoms with van der Waals surface area (Å²) in [4.78, 5) is 46.8. The number of Topliss-reactive ketones (excluding diaryl/α,β-unsaturated/α-hetero) is 2. The molecule has 1 aromatic rings. The maximum atomic E-state index is 11.9. The van der Waals surface area contributed by atoms with Crippen LogP contribution in [-0.2, 0) is 23.9 Å². The SMILES string of the molecule is CCOC(=O)CC(=O)C1CC(C(=O)OCC(=O)c2ccccc2)C1. The molecule has 1 saturated carbocycles. The van der Waals surface area contributed by atoms with E-state index in [4.69, 9.17) is 9.47 Å². The lowest BCUT2D eigenvalue weighted by molar-refractivity contribution is -0.154. The average molecular weight is 332 g/mol. The molecule has 0 atom stereocenters. The van der Waals surface area contributed by atoms with Gasteiger partial charge >= 0.3 is 11.9 Å². The molecule has 0 amide bonds. The Morgan fingerprint density at radius 3 is 2.29 bits per heavy atom. The molecule has 0 heterocycles. The maximum Gasteiger partial charge on any atom is 0.313 e. The number of hydrogen-bond acceptors (Lipinski definition) is 6. The van der Waals surface area contributed by atoms with Gasteiger partial charge in [0.2, 0.25) is 0 Å². The lowest BCUT2D eigenvalue weighted by atomic mass is 9.72. The number of carbonyl (C=O) groups is 4. The first-order chi connectivity index (χ1) is 11.5. The van der Waals surface area contributed by atoms with Crippen molar-refractivity contribution in [2.45, 2.75) is 26.2 Å². The van der Waals surface area contributed by atoms with E-state index in [9.17, 15) is 19.2 Å². The van der Waals surface area contributed by atoms with Gasteiger partial charge in [-0.05, 0) is 19.8 Å². The zero-order chi connectivity index (χ0) is 17.5. The van der Waals surface area contributed by atoms with Gasteiger partial charge in [0, 0.05) is 11.5 Å². The van der Waals surface area contributed by atoms with Gasteiger partial charge in [-0.15, -0.1) is 0 Å². The van der Waals surface area contributed by atoms with E-state index in [0.29, 0.717) is 18.4 Å². The van der Waals surface area contributed by atoms with Crippen molar-refractivity contribution in [2.75, 3.05) is 13.2 Å². The van der Waals surface area contributed by atoms with Gasteiger partial charge in [0.25, 0.3) is 0 Å². The van der Waals surface area contributed by atoms with Crippen LogP contribution >= 0.6 is 0 Å². The molecule has 1 fully saturated rings. The Labute approximate surface area is 140 Å². The van der Waals surface area contributed by atoms with Crippen LogP contribution in [0.5, 0.6) is 0 Å². The molecule has 1 aliphatic carbocycles. The van der Waals surface area contributed by atoms with Crippen molar-refractivity contribution in [3.63, 3.8) is 0 Å². The van der Waals surface area contributed by atoms with E-state index < -0.39 is 11.9 Å². The van der Waals surface area contributed by atoms with Gasteiger partial charge in [-0.3, -0.25) is 19.2 Å². The molecule has 6 nitrogen and oxygen atoms in total. The minimum atomic E-state index is -0.540. The standard InChI is InChI=1S/C18H20O6/c1-2-23-17(21)10-15(19)13-8-14(9-13)18(22)24-11-16(20)12-6-4-3-5-7-12/h3-7,13-14H,2,8-11H2,1H3. The van der Waals surface area contributed by atoms with Crippen LogP contribution in [0, 0.1) is 11.8 Å². The molecule has 0 aromatic heterocycles. The van der Waals surface area contributed by atoms with Crippen molar-refractivity contribution in [2.24, 2.45) is 11.8 Å². The Bertz CT molecular complexity index is 616. The molecule has 6 heteroatoms. The fourth-order valence-corrected chi connectivity index (χ4v) is 2.53. The number of carbonyl (C=O) groups excluding carboxylic acids is 4. The zero-order valence-electron chi connectivity index (χ0n) is 13.5. The molecule has 0 aliphatic heterocycles. The number of benzene rings is 1. The second kappa shape index (κ2) is 8.38. The zero-order valence-corrected chi connectivity index (χ0v) is 13.5. The molecule has 0 bridgehead atoms. The van der Waals surface area contributed by atoms with Gasteiger partial charge in [0.15, 0.2) is 12.4 Å². The van der Waals surface area contributed by atoms with E-state index in [2.05, 4.69) is 0 Å². The van der Waals surface area contributed by atoms with E-state index >= 15 is 0 Å². The van der Waals surface area contributed by atoms with E-state index in [-0.39, 0.29) is 43.0 Å². The molecule has 24 heavy (non-hydrogen) atoms. The van der Waals surface area contributed by atoms with Crippen molar-refractivity contribution in [1.82, 2.24) is 0 Å². The Hall–Kier alpha value is -2.50.